The first-order chi connectivity index (χ1) is 12.1. The first-order valence-corrected chi connectivity index (χ1v) is 8.55. The number of aryl methyl sites for hydroxylation is 1. The second kappa shape index (κ2) is 7.57. The molecule has 7 heteroatoms. The number of para-hydroxylation sites is 2. The van der Waals surface area contributed by atoms with Crippen LogP contribution in [0.5, 0.6) is 5.75 Å². The minimum atomic E-state index is -0.142. The molecule has 2 N–H and O–H groups in total. The fourth-order valence-corrected chi connectivity index (χ4v) is 3.20. The van der Waals surface area contributed by atoms with E-state index in [9.17, 15) is 4.79 Å². The van der Waals surface area contributed by atoms with Gasteiger partial charge in [0.25, 0.3) is 5.91 Å². The van der Waals surface area contributed by atoms with Crippen molar-refractivity contribution in [2.45, 2.75) is 19.9 Å². The highest BCUT2D eigenvalue weighted by Gasteiger charge is 2.30. The maximum absolute atomic E-state index is 12.4. The number of hydrogen-bond acceptors (Lipinski definition) is 5. The predicted molar refractivity (Wildman–Crippen MR) is 95.2 cm³/mol. The van der Waals surface area contributed by atoms with E-state index in [2.05, 4.69) is 21.4 Å². The first kappa shape index (κ1) is 17.3. The Kier molecular flexibility index (Phi) is 5.23. The van der Waals surface area contributed by atoms with Crippen LogP contribution in [0.15, 0.2) is 34.9 Å². The summed E-state index contributed by atoms with van der Waals surface area (Å²) in [6.07, 6.45) is 0. The van der Waals surface area contributed by atoms with E-state index in [-0.39, 0.29) is 11.9 Å². The lowest BCUT2D eigenvalue weighted by atomic mass is 10.2. The largest absolute Gasteiger partial charge is 0.495 e. The van der Waals surface area contributed by atoms with Crippen molar-refractivity contribution in [3.05, 3.63) is 36.1 Å². The Labute approximate surface area is 147 Å². The maximum Gasteiger partial charge on any atom is 0.283 e. The van der Waals surface area contributed by atoms with Crippen LogP contribution < -0.4 is 19.9 Å². The fraction of sp³-hybridized carbons (Fsp3) is 0.444. The number of hydrogen-bond donors (Lipinski definition) is 2. The molecular weight excluding hydrogens is 320 g/mol. The summed E-state index contributed by atoms with van der Waals surface area (Å²) in [5.74, 6) is 2.01. The van der Waals surface area contributed by atoms with Crippen molar-refractivity contribution in [1.82, 2.24) is 5.16 Å². The smallest absolute Gasteiger partial charge is 0.283 e. The SMILES string of the molecule is COc1ccccc1N1CC[NH+]([C@H](C)C(=O)Nc2cc(C)on2)CC1. The Balaban J connectivity index is 1.57. The topological polar surface area (TPSA) is 72.0 Å². The molecular formula is C18H25N4O3+. The molecule has 1 aromatic carbocycles. The summed E-state index contributed by atoms with van der Waals surface area (Å²) in [5.41, 5.74) is 1.11. The second-order valence-corrected chi connectivity index (χ2v) is 6.35. The molecule has 0 bridgehead atoms. The molecule has 0 spiro atoms. The highest BCUT2D eigenvalue weighted by atomic mass is 16.5. The van der Waals surface area contributed by atoms with E-state index in [4.69, 9.17) is 9.26 Å². The number of methoxy groups -OCH3 is 1. The van der Waals surface area contributed by atoms with Gasteiger partial charge in [0, 0.05) is 6.07 Å². The van der Waals surface area contributed by atoms with Gasteiger partial charge in [0.1, 0.15) is 11.5 Å². The van der Waals surface area contributed by atoms with Gasteiger partial charge in [-0.3, -0.25) is 4.79 Å². The summed E-state index contributed by atoms with van der Waals surface area (Å²) in [6, 6.07) is 9.63. The molecule has 0 aliphatic carbocycles. The molecule has 1 saturated heterocycles. The molecule has 1 amide bonds. The lowest BCUT2D eigenvalue weighted by molar-refractivity contribution is -0.914. The molecule has 134 valence electrons. The van der Waals surface area contributed by atoms with Crippen molar-refractivity contribution < 1.29 is 19.0 Å². The molecule has 2 aromatic rings. The van der Waals surface area contributed by atoms with Gasteiger partial charge >= 0.3 is 0 Å². The summed E-state index contributed by atoms with van der Waals surface area (Å²) >= 11 is 0. The Bertz CT molecular complexity index is 723. The molecule has 7 nitrogen and oxygen atoms in total. The van der Waals surface area contributed by atoms with E-state index >= 15 is 0 Å². The van der Waals surface area contributed by atoms with Crippen molar-refractivity contribution >= 4 is 17.4 Å². The number of carbonyl (C=O) groups is 1. The van der Waals surface area contributed by atoms with Crippen molar-refractivity contribution in [3.8, 4) is 5.75 Å². The average Bonchev–Trinajstić information content (AvgIpc) is 3.06. The molecule has 1 atom stereocenters. The number of aromatic nitrogens is 1. The molecule has 0 radical (unpaired) electrons. The Hall–Kier alpha value is -2.54. The number of nitrogens with zero attached hydrogens (tertiary/aromatic N) is 2. The second-order valence-electron chi connectivity index (χ2n) is 6.35. The van der Waals surface area contributed by atoms with E-state index in [1.165, 1.54) is 4.90 Å². The minimum absolute atomic E-state index is 0.0333. The highest BCUT2D eigenvalue weighted by molar-refractivity contribution is 5.92. The molecule has 1 aliphatic heterocycles. The number of quaternary nitrogens is 1. The molecule has 1 fully saturated rings. The van der Waals surface area contributed by atoms with E-state index in [1.54, 1.807) is 20.1 Å². The Morgan fingerprint density at radius 2 is 2.08 bits per heavy atom. The van der Waals surface area contributed by atoms with Crippen LogP contribution in [0.3, 0.4) is 0 Å². The summed E-state index contributed by atoms with van der Waals surface area (Å²) in [7, 11) is 1.69. The van der Waals surface area contributed by atoms with Gasteiger partial charge in [-0.05, 0) is 26.0 Å². The number of amides is 1. The van der Waals surface area contributed by atoms with Crippen molar-refractivity contribution in [2.24, 2.45) is 0 Å². The van der Waals surface area contributed by atoms with Crippen LogP contribution >= 0.6 is 0 Å². The molecule has 0 saturated carbocycles. The van der Waals surface area contributed by atoms with Gasteiger partial charge in [0.05, 0.1) is 39.0 Å². The van der Waals surface area contributed by atoms with Gasteiger partial charge in [-0.1, -0.05) is 17.3 Å². The van der Waals surface area contributed by atoms with E-state index < -0.39 is 0 Å². The normalized spacial score (nSPS) is 16.5. The molecule has 1 aliphatic rings. The number of rotatable bonds is 5. The third-order valence-electron chi connectivity index (χ3n) is 4.72. The molecule has 25 heavy (non-hydrogen) atoms. The maximum atomic E-state index is 12.4. The summed E-state index contributed by atoms with van der Waals surface area (Å²) in [6.45, 7) is 7.31. The van der Waals surface area contributed by atoms with Gasteiger partial charge in [-0.2, -0.15) is 0 Å². The number of nitrogens with one attached hydrogen (secondary N) is 2. The standard InChI is InChI=1S/C18H24N4O3/c1-13-12-17(20-25-13)19-18(23)14(2)21-8-10-22(11-9-21)15-6-4-5-7-16(15)24-3/h4-7,12,14H,8-11H2,1-3H3,(H,19,20,23)/p+1/t14-/m1/s1. The number of ether oxygens (including phenoxy) is 1. The zero-order valence-corrected chi connectivity index (χ0v) is 14.9. The van der Waals surface area contributed by atoms with E-state index in [0.717, 1.165) is 37.6 Å². The molecule has 3 rings (SSSR count). The molecule has 2 heterocycles. The predicted octanol–water partition coefficient (Wildman–Crippen LogP) is 0.724. The first-order valence-electron chi connectivity index (χ1n) is 8.55. The summed E-state index contributed by atoms with van der Waals surface area (Å²) in [5, 5.41) is 6.64. The monoisotopic (exact) mass is 345 g/mol. The lowest BCUT2D eigenvalue weighted by Crippen LogP contribution is -3.19. The van der Waals surface area contributed by atoms with Crippen molar-refractivity contribution in [1.29, 1.82) is 0 Å². The molecule has 1 aromatic heterocycles. The van der Waals surface area contributed by atoms with Gasteiger partial charge in [0.2, 0.25) is 0 Å². The van der Waals surface area contributed by atoms with Crippen LogP contribution in [0.2, 0.25) is 0 Å². The highest BCUT2D eigenvalue weighted by Crippen LogP contribution is 2.27. The number of anilines is 2. The quantitative estimate of drug-likeness (QED) is 0.836. The zero-order chi connectivity index (χ0) is 17.8. The fourth-order valence-electron chi connectivity index (χ4n) is 3.20. The Morgan fingerprint density at radius 1 is 1.36 bits per heavy atom. The third kappa shape index (κ3) is 3.93. The number of carbonyl (C=O) groups excluding carboxylic acids is 1. The molecule has 0 unspecified atom stereocenters. The summed E-state index contributed by atoms with van der Waals surface area (Å²) in [4.78, 5) is 16.0. The van der Waals surface area contributed by atoms with Gasteiger partial charge in [-0.25, -0.2) is 0 Å². The summed E-state index contributed by atoms with van der Waals surface area (Å²) < 4.78 is 10.4. The van der Waals surface area contributed by atoms with Crippen LogP contribution in [0.1, 0.15) is 12.7 Å². The van der Waals surface area contributed by atoms with Crippen LogP contribution in [0.25, 0.3) is 0 Å². The average molecular weight is 345 g/mol. The van der Waals surface area contributed by atoms with Crippen LogP contribution in [0.4, 0.5) is 11.5 Å². The van der Waals surface area contributed by atoms with E-state index in [1.807, 2.05) is 25.1 Å². The van der Waals surface area contributed by atoms with Crippen LogP contribution in [0, 0.1) is 6.92 Å². The van der Waals surface area contributed by atoms with Gasteiger partial charge in [-0.15, -0.1) is 0 Å². The van der Waals surface area contributed by atoms with Crippen molar-refractivity contribution in [2.75, 3.05) is 43.5 Å². The Morgan fingerprint density at radius 3 is 2.72 bits per heavy atom. The number of piperazine rings is 1. The van der Waals surface area contributed by atoms with Gasteiger partial charge < -0.3 is 24.4 Å². The number of benzene rings is 1. The van der Waals surface area contributed by atoms with E-state index in [0.29, 0.717) is 11.6 Å². The van der Waals surface area contributed by atoms with Crippen molar-refractivity contribution in [3.63, 3.8) is 0 Å². The van der Waals surface area contributed by atoms with Crippen LogP contribution in [-0.2, 0) is 4.79 Å². The van der Waals surface area contributed by atoms with Crippen LogP contribution in [-0.4, -0.2) is 50.4 Å². The zero-order valence-electron chi connectivity index (χ0n) is 14.9. The van der Waals surface area contributed by atoms with Gasteiger partial charge in [0.15, 0.2) is 11.9 Å². The minimum Gasteiger partial charge on any atom is -0.495 e. The third-order valence-corrected chi connectivity index (χ3v) is 4.72. The lowest BCUT2D eigenvalue weighted by Gasteiger charge is -2.36.